The molecule has 0 saturated heterocycles. The van der Waals surface area contributed by atoms with Gasteiger partial charge in [-0.15, -0.1) is 0 Å². The third kappa shape index (κ3) is 2.48. The molecule has 2 unspecified atom stereocenters. The topological polar surface area (TPSA) is 50.9 Å². The van der Waals surface area contributed by atoms with E-state index in [1.807, 2.05) is 25.2 Å². The SMILES string of the molecule is Cn1ncnc1CC1(O)CCCCC1c1ccccc1. The van der Waals surface area contributed by atoms with Crippen molar-refractivity contribution in [3.8, 4) is 0 Å². The van der Waals surface area contributed by atoms with Gasteiger partial charge in [0, 0.05) is 19.4 Å². The van der Waals surface area contributed by atoms with E-state index in [9.17, 15) is 5.11 Å². The first-order chi connectivity index (χ1) is 9.69. The largest absolute Gasteiger partial charge is 0.389 e. The summed E-state index contributed by atoms with van der Waals surface area (Å²) in [5, 5.41) is 15.3. The van der Waals surface area contributed by atoms with E-state index in [4.69, 9.17) is 0 Å². The number of nitrogens with zero attached hydrogens (tertiary/aromatic N) is 3. The molecule has 1 aromatic heterocycles. The second kappa shape index (κ2) is 5.37. The lowest BCUT2D eigenvalue weighted by atomic mass is 9.70. The van der Waals surface area contributed by atoms with Crippen molar-refractivity contribution >= 4 is 0 Å². The third-order valence-corrected chi connectivity index (χ3v) is 4.47. The van der Waals surface area contributed by atoms with Crippen molar-refractivity contribution in [2.24, 2.45) is 7.05 Å². The molecule has 4 nitrogen and oxygen atoms in total. The molecule has 1 N–H and O–H groups in total. The van der Waals surface area contributed by atoms with E-state index in [0.29, 0.717) is 6.42 Å². The van der Waals surface area contributed by atoms with Crippen molar-refractivity contribution in [2.75, 3.05) is 0 Å². The van der Waals surface area contributed by atoms with Gasteiger partial charge in [0.15, 0.2) is 0 Å². The normalized spacial score (nSPS) is 26.6. The summed E-state index contributed by atoms with van der Waals surface area (Å²) in [5.74, 6) is 1.05. The lowest BCUT2D eigenvalue weighted by Crippen LogP contribution is -2.41. The predicted molar refractivity (Wildman–Crippen MR) is 77.3 cm³/mol. The quantitative estimate of drug-likeness (QED) is 0.933. The van der Waals surface area contributed by atoms with Crippen molar-refractivity contribution < 1.29 is 5.11 Å². The average Bonchev–Trinajstić information content (AvgIpc) is 2.85. The average molecular weight is 271 g/mol. The van der Waals surface area contributed by atoms with E-state index in [0.717, 1.165) is 25.1 Å². The smallest absolute Gasteiger partial charge is 0.138 e. The maximum absolute atomic E-state index is 11.2. The molecule has 1 saturated carbocycles. The van der Waals surface area contributed by atoms with Crippen molar-refractivity contribution in [1.29, 1.82) is 0 Å². The van der Waals surface area contributed by atoms with Gasteiger partial charge in [-0.05, 0) is 18.4 Å². The van der Waals surface area contributed by atoms with Crippen molar-refractivity contribution in [3.63, 3.8) is 0 Å². The molecule has 0 spiro atoms. The minimum atomic E-state index is -0.708. The van der Waals surface area contributed by atoms with Crippen LogP contribution in [0.3, 0.4) is 0 Å². The van der Waals surface area contributed by atoms with Crippen LogP contribution in [0.1, 0.15) is 43.0 Å². The van der Waals surface area contributed by atoms with E-state index in [1.165, 1.54) is 12.0 Å². The van der Waals surface area contributed by atoms with E-state index in [-0.39, 0.29) is 5.92 Å². The zero-order valence-electron chi connectivity index (χ0n) is 11.9. The summed E-state index contributed by atoms with van der Waals surface area (Å²) >= 11 is 0. The van der Waals surface area contributed by atoms with Crippen LogP contribution in [0, 0.1) is 0 Å². The molecule has 1 fully saturated rings. The Morgan fingerprint density at radius 2 is 2.10 bits per heavy atom. The molecule has 2 atom stereocenters. The van der Waals surface area contributed by atoms with E-state index in [2.05, 4.69) is 22.2 Å². The van der Waals surface area contributed by atoms with Gasteiger partial charge < -0.3 is 5.11 Å². The molecule has 1 aromatic carbocycles. The minimum Gasteiger partial charge on any atom is -0.389 e. The Morgan fingerprint density at radius 1 is 1.30 bits per heavy atom. The highest BCUT2D eigenvalue weighted by Gasteiger charge is 2.40. The highest BCUT2D eigenvalue weighted by atomic mass is 16.3. The van der Waals surface area contributed by atoms with Gasteiger partial charge in [-0.25, -0.2) is 4.98 Å². The number of hydrogen-bond donors (Lipinski definition) is 1. The molecule has 0 bridgehead atoms. The summed E-state index contributed by atoms with van der Waals surface area (Å²) in [6.45, 7) is 0. The van der Waals surface area contributed by atoms with Gasteiger partial charge >= 0.3 is 0 Å². The van der Waals surface area contributed by atoms with Crippen LogP contribution in [0.2, 0.25) is 0 Å². The summed E-state index contributed by atoms with van der Waals surface area (Å²) in [7, 11) is 1.88. The van der Waals surface area contributed by atoms with Gasteiger partial charge in [-0.3, -0.25) is 4.68 Å². The number of rotatable bonds is 3. The summed E-state index contributed by atoms with van der Waals surface area (Å²) in [4.78, 5) is 4.28. The number of aliphatic hydroxyl groups is 1. The molecule has 0 amide bonds. The summed E-state index contributed by atoms with van der Waals surface area (Å²) in [6, 6.07) is 10.4. The van der Waals surface area contributed by atoms with E-state index >= 15 is 0 Å². The first-order valence-electron chi connectivity index (χ1n) is 7.29. The van der Waals surface area contributed by atoms with Gasteiger partial charge in [0.05, 0.1) is 5.60 Å². The molecule has 4 heteroatoms. The first-order valence-corrected chi connectivity index (χ1v) is 7.29. The minimum absolute atomic E-state index is 0.189. The van der Waals surface area contributed by atoms with Crippen LogP contribution in [-0.2, 0) is 13.5 Å². The molecule has 0 aliphatic heterocycles. The van der Waals surface area contributed by atoms with Gasteiger partial charge in [0.2, 0.25) is 0 Å². The van der Waals surface area contributed by atoms with Gasteiger partial charge in [-0.1, -0.05) is 43.2 Å². The number of hydrogen-bond acceptors (Lipinski definition) is 3. The number of aryl methyl sites for hydroxylation is 1. The zero-order chi connectivity index (χ0) is 14.0. The lowest BCUT2D eigenvalue weighted by Gasteiger charge is -2.40. The van der Waals surface area contributed by atoms with Crippen LogP contribution in [0.15, 0.2) is 36.7 Å². The molecule has 3 rings (SSSR count). The Kier molecular flexibility index (Phi) is 3.57. The van der Waals surface area contributed by atoms with Crippen LogP contribution >= 0.6 is 0 Å². The van der Waals surface area contributed by atoms with Crippen LogP contribution in [0.5, 0.6) is 0 Å². The maximum atomic E-state index is 11.2. The molecular formula is C16H21N3O. The summed E-state index contributed by atoms with van der Waals surface area (Å²) in [6.07, 6.45) is 6.26. The molecular weight excluding hydrogens is 250 g/mol. The predicted octanol–water partition coefficient (Wildman–Crippen LogP) is 2.45. The van der Waals surface area contributed by atoms with E-state index < -0.39 is 5.60 Å². The Hall–Kier alpha value is -1.68. The Labute approximate surface area is 119 Å². The van der Waals surface area contributed by atoms with E-state index in [1.54, 1.807) is 11.0 Å². The Balaban J connectivity index is 1.89. The highest BCUT2D eigenvalue weighted by molar-refractivity contribution is 5.24. The first kappa shape index (κ1) is 13.3. The third-order valence-electron chi connectivity index (χ3n) is 4.47. The number of aromatic nitrogens is 3. The fourth-order valence-electron chi connectivity index (χ4n) is 3.35. The van der Waals surface area contributed by atoms with Crippen LogP contribution in [-0.4, -0.2) is 25.5 Å². The molecule has 2 aromatic rings. The van der Waals surface area contributed by atoms with Crippen molar-refractivity contribution in [1.82, 2.24) is 14.8 Å². The van der Waals surface area contributed by atoms with Gasteiger partial charge in [-0.2, -0.15) is 5.10 Å². The van der Waals surface area contributed by atoms with Crippen molar-refractivity contribution in [2.45, 2.75) is 43.6 Å². The highest BCUT2D eigenvalue weighted by Crippen LogP contribution is 2.42. The number of benzene rings is 1. The van der Waals surface area contributed by atoms with Crippen LogP contribution in [0.4, 0.5) is 0 Å². The van der Waals surface area contributed by atoms with Gasteiger partial charge in [0.1, 0.15) is 12.2 Å². The van der Waals surface area contributed by atoms with Gasteiger partial charge in [0.25, 0.3) is 0 Å². The Bertz CT molecular complexity index is 566. The Morgan fingerprint density at radius 3 is 2.80 bits per heavy atom. The maximum Gasteiger partial charge on any atom is 0.138 e. The van der Waals surface area contributed by atoms with Crippen LogP contribution < -0.4 is 0 Å². The zero-order valence-corrected chi connectivity index (χ0v) is 11.9. The second-order valence-electron chi connectivity index (χ2n) is 5.79. The second-order valence-corrected chi connectivity index (χ2v) is 5.79. The lowest BCUT2D eigenvalue weighted by molar-refractivity contribution is -0.0189. The summed E-state index contributed by atoms with van der Waals surface area (Å²) < 4.78 is 1.76. The molecule has 1 heterocycles. The van der Waals surface area contributed by atoms with Crippen molar-refractivity contribution in [3.05, 3.63) is 48.0 Å². The molecule has 1 aliphatic carbocycles. The standard InChI is InChI=1S/C16H21N3O/c1-19-15(17-12-18-19)11-16(20)10-6-5-9-14(16)13-7-3-2-4-8-13/h2-4,7-8,12,14,20H,5-6,9-11H2,1H3. The fourth-order valence-corrected chi connectivity index (χ4v) is 3.35. The molecule has 20 heavy (non-hydrogen) atoms. The molecule has 106 valence electrons. The molecule has 0 radical (unpaired) electrons. The molecule has 1 aliphatic rings. The summed E-state index contributed by atoms with van der Waals surface area (Å²) in [5.41, 5.74) is 0.525. The monoisotopic (exact) mass is 271 g/mol. The van der Waals surface area contributed by atoms with Crippen LogP contribution in [0.25, 0.3) is 0 Å². The fraction of sp³-hybridized carbons (Fsp3) is 0.500.